The number of benzene rings is 2. The molecule has 0 aliphatic heterocycles. The number of aromatic nitrogens is 1. The third-order valence-corrected chi connectivity index (χ3v) is 5.63. The van der Waals surface area contributed by atoms with Crippen molar-refractivity contribution in [2.24, 2.45) is 11.7 Å². The summed E-state index contributed by atoms with van der Waals surface area (Å²) in [6, 6.07) is 11.5. The molecule has 0 saturated heterocycles. The molecule has 2 aromatic carbocycles. The highest BCUT2D eigenvalue weighted by molar-refractivity contribution is 6.31. The minimum atomic E-state index is -0.944. The van der Waals surface area contributed by atoms with Gasteiger partial charge in [0.1, 0.15) is 5.82 Å². The second-order valence-corrected chi connectivity index (χ2v) is 8.89. The summed E-state index contributed by atoms with van der Waals surface area (Å²) in [7, 11) is 0. The van der Waals surface area contributed by atoms with Crippen LogP contribution in [0.2, 0.25) is 5.02 Å². The number of fused-ring (bicyclic) bond motifs is 1. The van der Waals surface area contributed by atoms with E-state index in [9.17, 15) is 14.7 Å². The van der Waals surface area contributed by atoms with E-state index in [0.717, 1.165) is 10.8 Å². The Morgan fingerprint density at radius 3 is 2.35 bits per heavy atom. The summed E-state index contributed by atoms with van der Waals surface area (Å²) < 4.78 is 0. The van der Waals surface area contributed by atoms with Crippen LogP contribution in [0.5, 0.6) is 0 Å². The number of aliphatic hydroxyl groups excluding tert-OH is 1. The van der Waals surface area contributed by atoms with Crippen LogP contribution in [0.4, 0.5) is 5.82 Å². The van der Waals surface area contributed by atoms with Gasteiger partial charge in [-0.15, -0.1) is 0 Å². The number of carbonyl (C=O) groups excluding carboxylic acids is 2. The van der Waals surface area contributed by atoms with Crippen molar-refractivity contribution in [3.63, 3.8) is 0 Å². The summed E-state index contributed by atoms with van der Waals surface area (Å²) in [5, 5.41) is 17.5. The molecule has 3 aromatic rings. The van der Waals surface area contributed by atoms with E-state index in [-0.39, 0.29) is 30.8 Å². The van der Waals surface area contributed by atoms with Crippen molar-refractivity contribution >= 4 is 40.0 Å². The Hall–Kier alpha value is -3.64. The number of halogens is 1. The predicted octanol–water partition coefficient (Wildman–Crippen LogP) is 3.09. The van der Waals surface area contributed by atoms with Gasteiger partial charge >= 0.3 is 0 Å². The molecule has 7 N–H and O–H groups in total. The standard InChI is InChI=1S/C26H28ClN5O3.C2H6/c1-15(2)23(28)26(35)32-14-20(33)13-31-25(34)17-6-3-16(4-7-17)5-10-21-22-11-19(27)9-8-18(22)12-30-24(21)29;1-2/h3-4,6-9,11-12,15,20,23,33H,13-14,28H2,1-2H3,(H2,29,30)(H,31,34)(H,32,35);1-2H3. The lowest BCUT2D eigenvalue weighted by molar-refractivity contribution is -0.123. The second-order valence-electron chi connectivity index (χ2n) is 8.46. The molecule has 3 rings (SSSR count). The maximum atomic E-state index is 12.4. The molecule has 0 radical (unpaired) electrons. The summed E-state index contributed by atoms with van der Waals surface area (Å²) in [6.07, 6.45) is 0.728. The second kappa shape index (κ2) is 14.2. The number of aliphatic hydroxyl groups is 1. The van der Waals surface area contributed by atoms with Gasteiger partial charge in [-0.2, -0.15) is 0 Å². The first-order chi connectivity index (χ1) is 17.7. The molecule has 0 spiro atoms. The number of hydrogen-bond donors (Lipinski definition) is 5. The molecular formula is C28H34ClN5O3. The Morgan fingerprint density at radius 1 is 1.05 bits per heavy atom. The Bertz CT molecular complexity index is 1280. The number of hydrogen-bond acceptors (Lipinski definition) is 6. The fraction of sp³-hybridized carbons (Fsp3) is 0.321. The van der Waals surface area contributed by atoms with Gasteiger partial charge in [-0.05, 0) is 42.3 Å². The molecule has 1 aromatic heterocycles. The molecule has 0 bridgehead atoms. The van der Waals surface area contributed by atoms with Crippen molar-refractivity contribution in [3.05, 3.63) is 70.4 Å². The fourth-order valence-corrected chi connectivity index (χ4v) is 3.37. The van der Waals surface area contributed by atoms with Gasteiger partial charge in [-0.25, -0.2) is 4.98 Å². The summed E-state index contributed by atoms with van der Waals surface area (Å²) in [4.78, 5) is 28.4. The smallest absolute Gasteiger partial charge is 0.251 e. The lowest BCUT2D eigenvalue weighted by Gasteiger charge is -2.17. The predicted molar refractivity (Wildman–Crippen MR) is 149 cm³/mol. The molecule has 1 heterocycles. The number of rotatable bonds is 7. The highest BCUT2D eigenvalue weighted by Crippen LogP contribution is 2.24. The number of nitrogens with two attached hydrogens (primary N) is 2. The molecule has 2 unspecified atom stereocenters. The van der Waals surface area contributed by atoms with E-state index in [2.05, 4.69) is 27.5 Å². The number of carbonyl (C=O) groups is 2. The van der Waals surface area contributed by atoms with Gasteiger partial charge in [0, 0.05) is 46.2 Å². The van der Waals surface area contributed by atoms with Gasteiger partial charge in [-0.3, -0.25) is 9.59 Å². The van der Waals surface area contributed by atoms with Crippen molar-refractivity contribution in [2.45, 2.75) is 39.8 Å². The van der Waals surface area contributed by atoms with Crippen LogP contribution in [0.25, 0.3) is 10.8 Å². The maximum absolute atomic E-state index is 12.4. The van der Waals surface area contributed by atoms with Crippen LogP contribution >= 0.6 is 11.6 Å². The third-order valence-electron chi connectivity index (χ3n) is 5.39. The molecule has 0 aliphatic rings. The Balaban J connectivity index is 0.00000235. The van der Waals surface area contributed by atoms with Crippen LogP contribution in [0, 0.1) is 17.8 Å². The summed E-state index contributed by atoms with van der Waals surface area (Å²) >= 11 is 6.12. The van der Waals surface area contributed by atoms with Crippen molar-refractivity contribution in [1.82, 2.24) is 15.6 Å². The zero-order valence-corrected chi connectivity index (χ0v) is 22.3. The van der Waals surface area contributed by atoms with Gasteiger partial charge in [0.15, 0.2) is 0 Å². The molecule has 2 atom stereocenters. The number of pyridine rings is 1. The molecule has 0 aliphatic carbocycles. The van der Waals surface area contributed by atoms with E-state index in [4.69, 9.17) is 23.1 Å². The van der Waals surface area contributed by atoms with E-state index in [1.54, 1.807) is 42.6 Å². The monoisotopic (exact) mass is 523 g/mol. The van der Waals surface area contributed by atoms with Crippen LogP contribution in [0.3, 0.4) is 0 Å². The van der Waals surface area contributed by atoms with E-state index in [1.165, 1.54) is 0 Å². The summed E-state index contributed by atoms with van der Waals surface area (Å²) in [5.41, 5.74) is 13.5. The van der Waals surface area contributed by atoms with E-state index >= 15 is 0 Å². The molecule has 37 heavy (non-hydrogen) atoms. The average molecular weight is 524 g/mol. The highest BCUT2D eigenvalue weighted by atomic mass is 35.5. The molecular weight excluding hydrogens is 490 g/mol. The molecule has 9 heteroatoms. The lowest BCUT2D eigenvalue weighted by Crippen LogP contribution is -2.47. The zero-order chi connectivity index (χ0) is 27.5. The van der Waals surface area contributed by atoms with Gasteiger partial charge in [0.25, 0.3) is 5.91 Å². The lowest BCUT2D eigenvalue weighted by atomic mass is 10.1. The first-order valence-electron chi connectivity index (χ1n) is 12.1. The minimum Gasteiger partial charge on any atom is -0.389 e. The molecule has 8 nitrogen and oxygen atoms in total. The van der Waals surface area contributed by atoms with Crippen LogP contribution in [0.1, 0.15) is 49.2 Å². The Labute approximate surface area is 222 Å². The largest absolute Gasteiger partial charge is 0.389 e. The molecule has 2 amide bonds. The Morgan fingerprint density at radius 2 is 1.70 bits per heavy atom. The molecule has 0 fully saturated rings. The minimum absolute atomic E-state index is 0.00850. The SMILES string of the molecule is CC.CC(C)C(N)C(=O)NCC(O)CNC(=O)c1ccc(C#Cc2c(N)ncc3ccc(Cl)cc23)cc1. The topological polar surface area (TPSA) is 143 Å². The quantitative estimate of drug-likeness (QED) is 0.301. The van der Waals surface area contributed by atoms with Gasteiger partial charge in [0.2, 0.25) is 5.91 Å². The van der Waals surface area contributed by atoms with Crippen molar-refractivity contribution in [3.8, 4) is 11.8 Å². The van der Waals surface area contributed by atoms with E-state index in [1.807, 2.05) is 33.8 Å². The first kappa shape index (κ1) is 29.6. The molecule has 0 saturated carbocycles. The number of nitrogen functional groups attached to an aromatic ring is 1. The zero-order valence-electron chi connectivity index (χ0n) is 21.5. The summed E-state index contributed by atoms with van der Waals surface area (Å²) in [6.45, 7) is 7.65. The first-order valence-corrected chi connectivity index (χ1v) is 12.5. The molecule has 196 valence electrons. The van der Waals surface area contributed by atoms with Crippen molar-refractivity contribution in [2.75, 3.05) is 18.8 Å². The normalized spacial score (nSPS) is 12.0. The average Bonchev–Trinajstić information content (AvgIpc) is 2.90. The highest BCUT2D eigenvalue weighted by Gasteiger charge is 2.18. The third kappa shape index (κ3) is 8.46. The van der Waals surface area contributed by atoms with Crippen molar-refractivity contribution in [1.29, 1.82) is 0 Å². The summed E-state index contributed by atoms with van der Waals surface area (Å²) in [5.74, 6) is 5.69. The number of anilines is 1. The van der Waals surface area contributed by atoms with Crippen LogP contribution in [0.15, 0.2) is 48.7 Å². The van der Waals surface area contributed by atoms with Crippen LogP contribution in [-0.4, -0.2) is 47.1 Å². The number of nitrogens with zero attached hydrogens (tertiary/aromatic N) is 1. The van der Waals surface area contributed by atoms with E-state index in [0.29, 0.717) is 27.5 Å². The number of amides is 2. The van der Waals surface area contributed by atoms with E-state index < -0.39 is 12.1 Å². The fourth-order valence-electron chi connectivity index (χ4n) is 3.19. The van der Waals surface area contributed by atoms with Crippen molar-refractivity contribution < 1.29 is 14.7 Å². The van der Waals surface area contributed by atoms with Gasteiger partial charge in [-0.1, -0.05) is 57.2 Å². The van der Waals surface area contributed by atoms with Crippen LogP contribution < -0.4 is 22.1 Å². The Kier molecular flexibility index (Phi) is 11.3. The van der Waals surface area contributed by atoms with Gasteiger partial charge in [0.05, 0.1) is 17.7 Å². The maximum Gasteiger partial charge on any atom is 0.251 e. The van der Waals surface area contributed by atoms with Crippen LogP contribution in [-0.2, 0) is 4.79 Å². The van der Waals surface area contributed by atoms with Gasteiger partial charge < -0.3 is 27.2 Å². The number of nitrogens with one attached hydrogen (secondary N) is 2.